The number of ether oxygens (including phenoxy) is 1. The van der Waals surface area contributed by atoms with Crippen molar-refractivity contribution in [3.05, 3.63) is 34.7 Å². The largest absolute Gasteiger partial charge is 0.490 e. The van der Waals surface area contributed by atoms with Crippen LogP contribution >= 0.6 is 11.3 Å². The summed E-state index contributed by atoms with van der Waals surface area (Å²) in [5.74, 6) is 1.33. The number of hydrogen-bond donors (Lipinski definition) is 1. The number of aliphatic carboxylic acids is 1. The Kier molecular flexibility index (Phi) is 6.68. The Morgan fingerprint density at radius 1 is 1.16 bits per heavy atom. The van der Waals surface area contributed by atoms with Crippen LogP contribution in [0.15, 0.2) is 29.6 Å². The third-order valence-electron chi connectivity index (χ3n) is 6.76. The smallest absolute Gasteiger partial charge is 0.303 e. The van der Waals surface area contributed by atoms with Gasteiger partial charge < -0.3 is 9.84 Å². The molecule has 2 fully saturated rings. The summed E-state index contributed by atoms with van der Waals surface area (Å²) in [6.07, 6.45) is 5.39. The van der Waals surface area contributed by atoms with Gasteiger partial charge in [0.25, 0.3) is 0 Å². The average molecular weight is 443 g/mol. The molecule has 31 heavy (non-hydrogen) atoms. The number of likely N-dealkylation sites (tertiary alicyclic amines) is 1. The van der Waals surface area contributed by atoms with Crippen LogP contribution in [0.5, 0.6) is 5.75 Å². The van der Waals surface area contributed by atoms with Gasteiger partial charge in [0.15, 0.2) is 0 Å². The van der Waals surface area contributed by atoms with Crippen LogP contribution in [-0.2, 0) is 11.3 Å². The molecule has 6 heteroatoms. The Bertz CT molecular complexity index is 873. The zero-order valence-corrected chi connectivity index (χ0v) is 19.7. The monoisotopic (exact) mass is 442 g/mol. The van der Waals surface area contributed by atoms with E-state index in [9.17, 15) is 4.79 Å². The van der Waals surface area contributed by atoms with E-state index >= 15 is 0 Å². The predicted molar refractivity (Wildman–Crippen MR) is 124 cm³/mol. The Hall–Kier alpha value is -1.92. The van der Waals surface area contributed by atoms with Gasteiger partial charge >= 0.3 is 5.97 Å². The zero-order chi connectivity index (χ0) is 22.0. The van der Waals surface area contributed by atoms with Crippen LogP contribution in [0.1, 0.15) is 57.9 Å². The third kappa shape index (κ3) is 5.86. The number of aromatic nitrogens is 1. The van der Waals surface area contributed by atoms with Crippen molar-refractivity contribution in [2.24, 2.45) is 17.3 Å². The summed E-state index contributed by atoms with van der Waals surface area (Å²) >= 11 is 1.67. The summed E-state index contributed by atoms with van der Waals surface area (Å²) in [7, 11) is 0. The summed E-state index contributed by atoms with van der Waals surface area (Å²) in [5, 5.41) is 12.1. The molecule has 1 N–H and O–H groups in total. The number of nitrogens with zero attached hydrogens (tertiary/aromatic N) is 2. The van der Waals surface area contributed by atoms with Crippen molar-refractivity contribution in [3.63, 3.8) is 0 Å². The van der Waals surface area contributed by atoms with E-state index in [0.29, 0.717) is 11.5 Å². The Morgan fingerprint density at radius 2 is 1.84 bits per heavy atom. The number of carbonyl (C=O) groups is 1. The molecule has 2 aromatic rings. The number of carboxylic acid groups (broad SMARTS) is 1. The van der Waals surface area contributed by atoms with Crippen LogP contribution in [0.3, 0.4) is 0 Å². The molecule has 1 aromatic heterocycles. The molecule has 0 radical (unpaired) electrons. The number of rotatable bonds is 7. The summed E-state index contributed by atoms with van der Waals surface area (Å²) in [6.45, 7) is 9.55. The van der Waals surface area contributed by atoms with Crippen LogP contribution < -0.4 is 4.74 Å². The van der Waals surface area contributed by atoms with Crippen molar-refractivity contribution in [2.45, 2.75) is 65.5 Å². The highest BCUT2D eigenvalue weighted by atomic mass is 32.1. The lowest BCUT2D eigenvalue weighted by atomic mass is 9.72. The Labute approximate surface area is 189 Å². The molecular formula is C25H34N2O3S. The molecule has 168 valence electrons. The molecule has 4 rings (SSSR count). The first kappa shape index (κ1) is 22.3. The van der Waals surface area contributed by atoms with Gasteiger partial charge in [0.05, 0.1) is 24.8 Å². The second-order valence-corrected chi connectivity index (χ2v) is 11.2. The minimum atomic E-state index is -0.703. The lowest BCUT2D eigenvalue weighted by Gasteiger charge is -2.37. The minimum Gasteiger partial charge on any atom is -0.490 e. The Balaban J connectivity index is 1.26. The minimum absolute atomic E-state index is 0.270. The molecule has 1 aromatic carbocycles. The molecule has 1 aliphatic carbocycles. The molecule has 2 heterocycles. The number of carboxylic acids is 1. The molecule has 5 nitrogen and oxygen atoms in total. The summed E-state index contributed by atoms with van der Waals surface area (Å²) in [4.78, 5) is 17.8. The van der Waals surface area contributed by atoms with Gasteiger partial charge in [-0.25, -0.2) is 4.98 Å². The maximum atomic E-state index is 10.8. The summed E-state index contributed by atoms with van der Waals surface area (Å²) in [6, 6.07) is 8.33. The van der Waals surface area contributed by atoms with Crippen molar-refractivity contribution in [3.8, 4) is 17.0 Å². The fraction of sp³-hybridized carbons (Fsp3) is 0.600. The second-order valence-electron chi connectivity index (χ2n) is 10.3. The normalized spacial score (nSPS) is 22.8. The van der Waals surface area contributed by atoms with E-state index in [1.54, 1.807) is 11.3 Å². The van der Waals surface area contributed by atoms with Gasteiger partial charge in [-0.3, -0.25) is 9.69 Å². The highest BCUT2D eigenvalue weighted by Gasteiger charge is 2.31. The zero-order valence-electron chi connectivity index (χ0n) is 18.8. The van der Waals surface area contributed by atoms with Crippen molar-refractivity contribution in [1.29, 1.82) is 0 Å². The first-order valence-electron chi connectivity index (χ1n) is 11.4. The van der Waals surface area contributed by atoms with Crippen molar-refractivity contribution in [2.75, 3.05) is 13.1 Å². The topological polar surface area (TPSA) is 62.7 Å². The summed E-state index contributed by atoms with van der Waals surface area (Å²) in [5.41, 5.74) is 2.51. The van der Waals surface area contributed by atoms with Crippen molar-refractivity contribution < 1.29 is 14.6 Å². The lowest BCUT2D eigenvalue weighted by Crippen LogP contribution is -2.46. The average Bonchev–Trinajstić information content (AvgIpc) is 3.15. The SMILES string of the molecule is CC(C)(C)[C@H]1CC[C@H](Oc2ccc(-c3csc(CN4CC(CC(=O)O)C4)n3)cc2)CC1. The molecule has 1 saturated heterocycles. The molecule has 0 bridgehead atoms. The molecule has 2 aliphatic rings. The van der Waals surface area contributed by atoms with Crippen LogP contribution in [0.25, 0.3) is 11.3 Å². The van der Waals surface area contributed by atoms with E-state index in [1.165, 1.54) is 12.8 Å². The van der Waals surface area contributed by atoms with E-state index in [0.717, 1.165) is 60.4 Å². The van der Waals surface area contributed by atoms with Gasteiger partial charge in [-0.1, -0.05) is 20.8 Å². The first-order valence-corrected chi connectivity index (χ1v) is 12.3. The van der Waals surface area contributed by atoms with E-state index in [2.05, 4.69) is 55.3 Å². The standard InChI is InChI=1S/C25H34N2O3S/c1-25(2,3)19-6-10-21(11-7-19)30-20-8-4-18(5-9-20)22-16-31-23(26-22)15-27-13-17(14-27)12-24(28)29/h4-5,8-9,16-17,19,21H,6-7,10-15H2,1-3H3,(H,28,29)/t19-,21-. The highest BCUT2D eigenvalue weighted by Crippen LogP contribution is 2.39. The predicted octanol–water partition coefficient (Wildman–Crippen LogP) is 5.70. The second kappa shape index (κ2) is 9.29. The maximum Gasteiger partial charge on any atom is 0.303 e. The summed E-state index contributed by atoms with van der Waals surface area (Å²) < 4.78 is 6.26. The molecule has 1 saturated carbocycles. The molecule has 0 unspecified atom stereocenters. The number of hydrogen-bond acceptors (Lipinski definition) is 5. The van der Waals surface area contributed by atoms with E-state index in [-0.39, 0.29) is 12.3 Å². The van der Waals surface area contributed by atoms with E-state index < -0.39 is 5.97 Å². The molecule has 1 aliphatic heterocycles. The quantitative estimate of drug-likeness (QED) is 0.596. The van der Waals surface area contributed by atoms with E-state index in [1.807, 2.05) is 0 Å². The Morgan fingerprint density at radius 3 is 2.45 bits per heavy atom. The van der Waals surface area contributed by atoms with Crippen molar-refractivity contribution >= 4 is 17.3 Å². The fourth-order valence-electron chi connectivity index (χ4n) is 4.83. The molecule has 0 amide bonds. The lowest BCUT2D eigenvalue weighted by molar-refractivity contribution is -0.139. The number of thiazole rings is 1. The van der Waals surface area contributed by atoms with Crippen LogP contribution in [0.4, 0.5) is 0 Å². The van der Waals surface area contributed by atoms with Crippen LogP contribution in [0.2, 0.25) is 0 Å². The molecular weight excluding hydrogens is 408 g/mol. The molecule has 0 atom stereocenters. The van der Waals surface area contributed by atoms with Gasteiger partial charge in [-0.05, 0) is 67.2 Å². The first-order chi connectivity index (χ1) is 14.8. The number of benzene rings is 1. The van der Waals surface area contributed by atoms with Crippen molar-refractivity contribution in [1.82, 2.24) is 9.88 Å². The van der Waals surface area contributed by atoms with Crippen LogP contribution in [-0.4, -0.2) is 40.2 Å². The highest BCUT2D eigenvalue weighted by molar-refractivity contribution is 7.09. The maximum absolute atomic E-state index is 10.8. The van der Waals surface area contributed by atoms with Gasteiger partial charge in [-0.2, -0.15) is 0 Å². The fourth-order valence-corrected chi connectivity index (χ4v) is 5.68. The molecule has 0 spiro atoms. The van der Waals surface area contributed by atoms with E-state index in [4.69, 9.17) is 14.8 Å². The van der Waals surface area contributed by atoms with Gasteiger partial charge in [0.1, 0.15) is 10.8 Å². The van der Waals surface area contributed by atoms with Gasteiger partial charge in [0, 0.05) is 24.0 Å². The van der Waals surface area contributed by atoms with Gasteiger partial charge in [0.2, 0.25) is 0 Å². The van der Waals surface area contributed by atoms with Crippen LogP contribution in [0, 0.1) is 17.3 Å². The third-order valence-corrected chi connectivity index (χ3v) is 7.59. The van der Waals surface area contributed by atoms with Gasteiger partial charge in [-0.15, -0.1) is 11.3 Å².